The van der Waals surface area contributed by atoms with E-state index >= 15 is 0 Å². The van der Waals surface area contributed by atoms with E-state index in [1.54, 1.807) is 70.1 Å². The largest absolute Gasteiger partial charge is 0.478 e. The molecule has 2 aromatic rings. The molecule has 0 heterocycles. The molecule has 0 aliphatic heterocycles. The summed E-state index contributed by atoms with van der Waals surface area (Å²) in [5.41, 5.74) is 14.9. The third-order valence-electron chi connectivity index (χ3n) is 4.05. The van der Waals surface area contributed by atoms with E-state index in [9.17, 15) is 9.59 Å². The Morgan fingerprint density at radius 1 is 0.714 bits per heavy atom. The summed E-state index contributed by atoms with van der Waals surface area (Å²) in [6, 6.07) is 13.5. The van der Waals surface area contributed by atoms with E-state index in [0.717, 1.165) is 22.6 Å². The smallest absolute Gasteiger partial charge is 0.335 e. The van der Waals surface area contributed by atoms with Crippen LogP contribution >= 0.6 is 21.6 Å². The predicted molar refractivity (Wildman–Crippen MR) is 115 cm³/mol. The second-order valence-electron chi connectivity index (χ2n) is 6.50. The van der Waals surface area contributed by atoms with Gasteiger partial charge in [-0.1, -0.05) is 45.9 Å². The molecule has 0 aromatic heterocycles. The highest BCUT2D eigenvalue weighted by Gasteiger charge is 2.09. The van der Waals surface area contributed by atoms with Gasteiger partial charge in [-0.3, -0.25) is 0 Å². The molecule has 8 heteroatoms. The average Bonchev–Trinajstić information content (AvgIpc) is 2.66. The number of aromatic carboxylic acids is 2. The van der Waals surface area contributed by atoms with Crippen molar-refractivity contribution in [3.63, 3.8) is 0 Å². The lowest BCUT2D eigenvalue weighted by Gasteiger charge is -2.13. The fraction of sp³-hybridized carbons (Fsp3) is 0.300. The quantitative estimate of drug-likeness (QED) is 0.323. The maximum absolute atomic E-state index is 10.9. The summed E-state index contributed by atoms with van der Waals surface area (Å²) in [4.78, 5) is 21.7. The highest BCUT2D eigenvalue weighted by Crippen LogP contribution is 2.24. The van der Waals surface area contributed by atoms with Crippen molar-refractivity contribution >= 4 is 33.5 Å². The molecule has 2 rings (SSSR count). The van der Waals surface area contributed by atoms with Crippen molar-refractivity contribution in [2.75, 3.05) is 11.5 Å². The molecule has 0 amide bonds. The van der Waals surface area contributed by atoms with Gasteiger partial charge in [0.05, 0.1) is 11.1 Å². The molecule has 0 bridgehead atoms. The van der Waals surface area contributed by atoms with Crippen molar-refractivity contribution in [2.45, 2.75) is 24.9 Å². The van der Waals surface area contributed by atoms with Crippen LogP contribution in [-0.4, -0.2) is 45.7 Å². The van der Waals surface area contributed by atoms with Crippen LogP contribution in [0.1, 0.15) is 31.8 Å². The first-order valence-electron chi connectivity index (χ1n) is 8.75. The molecule has 0 radical (unpaired) electrons. The zero-order valence-corrected chi connectivity index (χ0v) is 16.9. The van der Waals surface area contributed by atoms with Gasteiger partial charge in [0.15, 0.2) is 0 Å². The van der Waals surface area contributed by atoms with E-state index in [2.05, 4.69) is 0 Å². The summed E-state index contributed by atoms with van der Waals surface area (Å²) < 4.78 is 0. The molecular formula is C20H24N2O4S2. The van der Waals surface area contributed by atoms with E-state index in [1.165, 1.54) is 0 Å². The Labute approximate surface area is 172 Å². The van der Waals surface area contributed by atoms with Gasteiger partial charge in [0.2, 0.25) is 0 Å². The number of carboxylic acid groups (broad SMARTS) is 2. The van der Waals surface area contributed by atoms with Crippen LogP contribution in [0.15, 0.2) is 48.5 Å². The summed E-state index contributed by atoms with van der Waals surface area (Å²) in [6.07, 6.45) is 1.38. The molecule has 0 spiro atoms. The lowest BCUT2D eigenvalue weighted by Crippen LogP contribution is -2.27. The second kappa shape index (κ2) is 11.1. The Kier molecular flexibility index (Phi) is 8.85. The molecule has 6 N–H and O–H groups in total. The summed E-state index contributed by atoms with van der Waals surface area (Å²) in [5, 5.41) is 17.8. The first-order valence-corrected chi connectivity index (χ1v) is 11.2. The van der Waals surface area contributed by atoms with Crippen LogP contribution in [0.25, 0.3) is 0 Å². The zero-order chi connectivity index (χ0) is 20.5. The normalized spacial score (nSPS) is 13.1. The molecule has 2 atom stereocenters. The summed E-state index contributed by atoms with van der Waals surface area (Å²) in [6.45, 7) is 0. The topological polar surface area (TPSA) is 127 Å². The Hall–Kier alpha value is -2.00. The van der Waals surface area contributed by atoms with E-state index in [4.69, 9.17) is 21.7 Å². The van der Waals surface area contributed by atoms with Gasteiger partial charge in [-0.25, -0.2) is 9.59 Å². The van der Waals surface area contributed by atoms with Gasteiger partial charge in [-0.2, -0.15) is 0 Å². The Morgan fingerprint density at radius 2 is 1.04 bits per heavy atom. The van der Waals surface area contributed by atoms with Crippen molar-refractivity contribution < 1.29 is 19.8 Å². The number of hydrogen-bond donors (Lipinski definition) is 4. The second-order valence-corrected chi connectivity index (χ2v) is 9.05. The van der Waals surface area contributed by atoms with Crippen LogP contribution in [-0.2, 0) is 12.8 Å². The Bertz CT molecular complexity index is 714. The summed E-state index contributed by atoms with van der Waals surface area (Å²) >= 11 is 0. The maximum Gasteiger partial charge on any atom is 0.335 e. The number of carboxylic acids is 2. The third kappa shape index (κ3) is 7.55. The van der Waals surface area contributed by atoms with Crippen LogP contribution in [0.2, 0.25) is 0 Å². The van der Waals surface area contributed by atoms with Gasteiger partial charge < -0.3 is 21.7 Å². The minimum absolute atomic E-state index is 0.0204. The number of hydrogen-bond acceptors (Lipinski definition) is 6. The molecule has 6 nitrogen and oxygen atoms in total. The van der Waals surface area contributed by atoms with Crippen molar-refractivity contribution in [3.8, 4) is 0 Å². The van der Waals surface area contributed by atoms with Crippen molar-refractivity contribution in [2.24, 2.45) is 11.5 Å². The van der Waals surface area contributed by atoms with Gasteiger partial charge in [-0.15, -0.1) is 0 Å². The van der Waals surface area contributed by atoms with Crippen molar-refractivity contribution in [3.05, 3.63) is 70.8 Å². The van der Waals surface area contributed by atoms with Gasteiger partial charge in [0.1, 0.15) is 0 Å². The lowest BCUT2D eigenvalue weighted by atomic mass is 10.1. The van der Waals surface area contributed by atoms with E-state index in [1.807, 2.05) is 0 Å². The fourth-order valence-electron chi connectivity index (χ4n) is 2.56. The van der Waals surface area contributed by atoms with Gasteiger partial charge in [-0.05, 0) is 48.2 Å². The molecule has 0 aliphatic carbocycles. The molecule has 0 fully saturated rings. The average molecular weight is 421 g/mol. The highest BCUT2D eigenvalue weighted by molar-refractivity contribution is 8.76. The lowest BCUT2D eigenvalue weighted by molar-refractivity contribution is 0.0686. The molecule has 0 saturated heterocycles. The first kappa shape index (κ1) is 22.3. The van der Waals surface area contributed by atoms with Gasteiger partial charge in [0.25, 0.3) is 0 Å². The van der Waals surface area contributed by atoms with Crippen LogP contribution in [0.3, 0.4) is 0 Å². The van der Waals surface area contributed by atoms with Crippen molar-refractivity contribution in [1.82, 2.24) is 0 Å². The first-order chi connectivity index (χ1) is 13.3. The SMILES string of the molecule is N[C@@H](CSSC[C@H](N)Cc1ccc(C(=O)O)cc1)Cc1ccc(C(=O)O)cc1. The van der Waals surface area contributed by atoms with E-state index in [0.29, 0.717) is 12.8 Å². The molecule has 28 heavy (non-hydrogen) atoms. The molecule has 0 unspecified atom stereocenters. The molecule has 0 aliphatic rings. The third-order valence-corrected chi connectivity index (χ3v) is 6.66. The minimum Gasteiger partial charge on any atom is -0.478 e. The number of carbonyl (C=O) groups is 2. The Balaban J connectivity index is 1.65. The molecule has 2 aromatic carbocycles. The van der Waals surface area contributed by atoms with Crippen LogP contribution in [0, 0.1) is 0 Å². The van der Waals surface area contributed by atoms with Crippen LogP contribution < -0.4 is 11.5 Å². The fourth-order valence-corrected chi connectivity index (χ4v) is 4.97. The monoisotopic (exact) mass is 420 g/mol. The molecular weight excluding hydrogens is 396 g/mol. The summed E-state index contributed by atoms with van der Waals surface area (Å²) in [7, 11) is 3.35. The van der Waals surface area contributed by atoms with Gasteiger partial charge in [0, 0.05) is 23.6 Å². The standard InChI is InChI=1S/C20H24N2O4S2/c21-17(9-13-1-5-15(6-2-13)19(23)24)11-27-28-12-18(22)10-14-3-7-16(8-4-14)20(25)26/h1-8,17-18H,9-12,21-22H2,(H,23,24)(H,25,26)/t17-,18-/m1/s1. The molecule has 0 saturated carbocycles. The van der Waals surface area contributed by atoms with E-state index < -0.39 is 11.9 Å². The van der Waals surface area contributed by atoms with E-state index in [-0.39, 0.29) is 23.2 Å². The maximum atomic E-state index is 10.9. The Morgan fingerprint density at radius 3 is 1.32 bits per heavy atom. The minimum atomic E-state index is -0.933. The highest BCUT2D eigenvalue weighted by atomic mass is 33.1. The summed E-state index contributed by atoms with van der Waals surface area (Å²) in [5.74, 6) is -0.328. The predicted octanol–water partition coefficient (Wildman–Crippen LogP) is 2.90. The van der Waals surface area contributed by atoms with Gasteiger partial charge >= 0.3 is 11.9 Å². The number of nitrogens with two attached hydrogens (primary N) is 2. The van der Waals surface area contributed by atoms with Crippen LogP contribution in [0.5, 0.6) is 0 Å². The van der Waals surface area contributed by atoms with Crippen molar-refractivity contribution in [1.29, 1.82) is 0 Å². The van der Waals surface area contributed by atoms with Crippen LogP contribution in [0.4, 0.5) is 0 Å². The number of benzene rings is 2. The zero-order valence-electron chi connectivity index (χ0n) is 15.3. The number of rotatable bonds is 11. The molecule has 150 valence electrons.